The molecule has 1 N–H and O–H groups in total. The number of carbonyl (C=O) groups is 1. The Morgan fingerprint density at radius 1 is 1.23 bits per heavy atom. The standard InChI is InChI=1S/C23H34N4O3/c1-29-15-11-24-23(28)7-5-19-8-13-26(14-9-19)17-20-4-6-22(30-2)21(16-20)18-27-12-3-10-25-27/h3-4,6,10,12,16,19H,5,7-9,11,13-15,17-18H2,1-2H3,(H,24,28). The number of nitrogens with one attached hydrogen (secondary N) is 1. The summed E-state index contributed by atoms with van der Waals surface area (Å²) in [6.45, 7) is 4.98. The van der Waals surface area contributed by atoms with Crippen LogP contribution in [0.1, 0.15) is 36.8 Å². The lowest BCUT2D eigenvalue weighted by Crippen LogP contribution is -2.34. The van der Waals surface area contributed by atoms with E-state index < -0.39 is 0 Å². The highest BCUT2D eigenvalue weighted by Crippen LogP contribution is 2.25. The lowest BCUT2D eigenvalue weighted by molar-refractivity contribution is -0.121. The smallest absolute Gasteiger partial charge is 0.220 e. The van der Waals surface area contributed by atoms with Gasteiger partial charge in [-0.15, -0.1) is 0 Å². The Labute approximate surface area is 179 Å². The van der Waals surface area contributed by atoms with Crippen LogP contribution in [0.25, 0.3) is 0 Å². The first-order valence-corrected chi connectivity index (χ1v) is 10.8. The van der Waals surface area contributed by atoms with Crippen LogP contribution in [0.2, 0.25) is 0 Å². The van der Waals surface area contributed by atoms with Crippen molar-refractivity contribution in [2.24, 2.45) is 5.92 Å². The van der Waals surface area contributed by atoms with Crippen molar-refractivity contribution in [3.05, 3.63) is 47.8 Å². The zero-order chi connectivity index (χ0) is 21.2. The van der Waals surface area contributed by atoms with Crippen molar-refractivity contribution in [1.29, 1.82) is 0 Å². The highest BCUT2D eigenvalue weighted by atomic mass is 16.5. The van der Waals surface area contributed by atoms with E-state index in [1.54, 1.807) is 20.4 Å². The third kappa shape index (κ3) is 6.85. The minimum atomic E-state index is 0.137. The number of piperidine rings is 1. The van der Waals surface area contributed by atoms with Crippen LogP contribution in [0, 0.1) is 5.92 Å². The van der Waals surface area contributed by atoms with E-state index in [0.29, 0.717) is 32.0 Å². The van der Waals surface area contributed by atoms with E-state index in [9.17, 15) is 4.79 Å². The highest BCUT2D eigenvalue weighted by Gasteiger charge is 2.20. The fraction of sp³-hybridized carbons (Fsp3) is 0.565. The van der Waals surface area contributed by atoms with Crippen LogP contribution in [0.4, 0.5) is 0 Å². The van der Waals surface area contributed by atoms with Gasteiger partial charge in [0.15, 0.2) is 0 Å². The molecule has 7 nitrogen and oxygen atoms in total. The summed E-state index contributed by atoms with van der Waals surface area (Å²) >= 11 is 0. The third-order valence-corrected chi connectivity index (χ3v) is 5.76. The van der Waals surface area contributed by atoms with E-state index in [2.05, 4.69) is 33.5 Å². The lowest BCUT2D eigenvalue weighted by Gasteiger charge is -2.32. The molecule has 2 heterocycles. The van der Waals surface area contributed by atoms with Gasteiger partial charge in [-0.1, -0.05) is 6.07 Å². The first-order valence-electron chi connectivity index (χ1n) is 10.8. The minimum Gasteiger partial charge on any atom is -0.496 e. The Balaban J connectivity index is 1.45. The van der Waals surface area contributed by atoms with Gasteiger partial charge in [-0.2, -0.15) is 5.10 Å². The maximum absolute atomic E-state index is 11.9. The second-order valence-corrected chi connectivity index (χ2v) is 7.95. The van der Waals surface area contributed by atoms with Crippen LogP contribution in [-0.2, 0) is 22.6 Å². The summed E-state index contributed by atoms with van der Waals surface area (Å²) in [6, 6.07) is 8.38. The fourth-order valence-electron chi connectivity index (χ4n) is 4.03. The zero-order valence-electron chi connectivity index (χ0n) is 18.2. The lowest BCUT2D eigenvalue weighted by atomic mass is 9.91. The van der Waals surface area contributed by atoms with Crippen molar-refractivity contribution in [1.82, 2.24) is 20.0 Å². The summed E-state index contributed by atoms with van der Waals surface area (Å²) in [7, 11) is 3.36. The van der Waals surface area contributed by atoms with Gasteiger partial charge >= 0.3 is 0 Å². The van der Waals surface area contributed by atoms with Crippen LogP contribution in [-0.4, -0.2) is 61.0 Å². The quantitative estimate of drug-likeness (QED) is 0.573. The minimum absolute atomic E-state index is 0.137. The molecular formula is C23H34N4O3. The monoisotopic (exact) mass is 414 g/mol. The Bertz CT molecular complexity index is 771. The van der Waals surface area contributed by atoms with Crippen LogP contribution in [0.5, 0.6) is 5.75 Å². The summed E-state index contributed by atoms with van der Waals surface area (Å²) in [5, 5.41) is 7.21. The molecule has 1 aromatic carbocycles. The largest absolute Gasteiger partial charge is 0.496 e. The topological polar surface area (TPSA) is 68.6 Å². The molecule has 0 aliphatic carbocycles. The van der Waals surface area contributed by atoms with Gasteiger partial charge in [-0.05, 0) is 62.0 Å². The fourth-order valence-corrected chi connectivity index (χ4v) is 4.03. The van der Waals surface area contributed by atoms with Crippen LogP contribution in [0.3, 0.4) is 0 Å². The number of amides is 1. The molecule has 0 bridgehead atoms. The second-order valence-electron chi connectivity index (χ2n) is 7.95. The third-order valence-electron chi connectivity index (χ3n) is 5.76. The zero-order valence-corrected chi connectivity index (χ0v) is 18.2. The van der Waals surface area contributed by atoms with Crippen molar-refractivity contribution in [3.8, 4) is 5.75 Å². The molecule has 2 aromatic rings. The number of hydrogen-bond acceptors (Lipinski definition) is 5. The Kier molecular flexibility index (Phi) is 8.71. The molecule has 1 fully saturated rings. The van der Waals surface area contributed by atoms with Gasteiger partial charge in [-0.3, -0.25) is 14.4 Å². The number of benzene rings is 1. The Hall–Kier alpha value is -2.38. The summed E-state index contributed by atoms with van der Waals surface area (Å²) in [6.07, 6.45) is 7.66. The van der Waals surface area contributed by atoms with Gasteiger partial charge in [0.2, 0.25) is 5.91 Å². The highest BCUT2D eigenvalue weighted by molar-refractivity contribution is 5.75. The molecule has 0 radical (unpaired) electrons. The normalized spacial score (nSPS) is 15.3. The van der Waals surface area contributed by atoms with Crippen LogP contribution >= 0.6 is 0 Å². The maximum Gasteiger partial charge on any atom is 0.220 e. The van der Waals surface area contributed by atoms with E-state index in [1.807, 2.05) is 16.9 Å². The predicted molar refractivity (Wildman–Crippen MR) is 116 cm³/mol. The van der Waals surface area contributed by atoms with Gasteiger partial charge < -0.3 is 14.8 Å². The number of hydrogen-bond donors (Lipinski definition) is 1. The Morgan fingerprint density at radius 3 is 2.77 bits per heavy atom. The SMILES string of the molecule is COCCNC(=O)CCC1CCN(Cc2ccc(OC)c(Cn3cccn3)c2)CC1. The average molecular weight is 415 g/mol. The van der Waals surface area contributed by atoms with Crippen molar-refractivity contribution in [3.63, 3.8) is 0 Å². The van der Waals surface area contributed by atoms with Crippen molar-refractivity contribution in [2.45, 2.75) is 38.8 Å². The molecule has 1 aromatic heterocycles. The molecule has 1 saturated heterocycles. The molecular weight excluding hydrogens is 380 g/mol. The number of carbonyl (C=O) groups excluding carboxylic acids is 1. The molecule has 0 saturated carbocycles. The van der Waals surface area contributed by atoms with Crippen LogP contribution < -0.4 is 10.1 Å². The molecule has 1 aliphatic heterocycles. The van der Waals surface area contributed by atoms with E-state index >= 15 is 0 Å². The molecule has 7 heteroatoms. The summed E-state index contributed by atoms with van der Waals surface area (Å²) < 4.78 is 12.4. The number of rotatable bonds is 11. The Morgan fingerprint density at radius 2 is 2.07 bits per heavy atom. The number of methoxy groups -OCH3 is 2. The van der Waals surface area contributed by atoms with Gasteiger partial charge in [0, 0.05) is 44.6 Å². The van der Waals surface area contributed by atoms with E-state index in [0.717, 1.165) is 50.2 Å². The van der Waals surface area contributed by atoms with E-state index in [-0.39, 0.29) is 5.91 Å². The predicted octanol–water partition coefficient (Wildman–Crippen LogP) is 2.69. The molecule has 164 valence electrons. The van der Waals surface area contributed by atoms with Crippen molar-refractivity contribution < 1.29 is 14.3 Å². The number of ether oxygens (including phenoxy) is 2. The second kappa shape index (κ2) is 11.7. The van der Waals surface area contributed by atoms with Gasteiger partial charge in [-0.25, -0.2) is 0 Å². The van der Waals surface area contributed by atoms with Crippen LogP contribution in [0.15, 0.2) is 36.7 Å². The molecule has 0 unspecified atom stereocenters. The number of aromatic nitrogens is 2. The summed E-state index contributed by atoms with van der Waals surface area (Å²) in [4.78, 5) is 14.4. The van der Waals surface area contributed by atoms with Gasteiger partial charge in [0.25, 0.3) is 0 Å². The maximum atomic E-state index is 11.9. The number of nitrogens with zero attached hydrogens (tertiary/aromatic N) is 3. The molecule has 30 heavy (non-hydrogen) atoms. The molecule has 1 amide bonds. The van der Waals surface area contributed by atoms with Crippen molar-refractivity contribution in [2.75, 3.05) is 40.5 Å². The van der Waals surface area contributed by atoms with Gasteiger partial charge in [0.1, 0.15) is 5.75 Å². The van der Waals surface area contributed by atoms with E-state index in [1.165, 1.54) is 5.56 Å². The summed E-state index contributed by atoms with van der Waals surface area (Å²) in [5.41, 5.74) is 2.45. The van der Waals surface area contributed by atoms with E-state index in [4.69, 9.17) is 9.47 Å². The first kappa shape index (κ1) is 22.3. The van der Waals surface area contributed by atoms with Crippen molar-refractivity contribution >= 4 is 5.91 Å². The molecule has 0 atom stereocenters. The number of likely N-dealkylation sites (tertiary alicyclic amines) is 1. The average Bonchev–Trinajstić information content (AvgIpc) is 3.27. The molecule has 3 rings (SSSR count). The summed E-state index contributed by atoms with van der Waals surface area (Å²) in [5.74, 6) is 1.68. The molecule has 0 spiro atoms. The first-order chi connectivity index (χ1) is 14.7. The van der Waals surface area contributed by atoms with Gasteiger partial charge in [0.05, 0.1) is 20.3 Å². The molecule has 1 aliphatic rings.